The number of ketones is 1. The maximum Gasteiger partial charge on any atom is 0.262 e. The van der Waals surface area contributed by atoms with Crippen LogP contribution in [0.25, 0.3) is 10.9 Å². The second-order valence-electron chi connectivity index (χ2n) is 6.35. The van der Waals surface area contributed by atoms with Gasteiger partial charge in [0.15, 0.2) is 10.9 Å². The molecule has 0 fully saturated rings. The molecule has 0 atom stereocenters. The fourth-order valence-corrected chi connectivity index (χ4v) is 3.87. The number of carbonyl (C=O) groups is 2. The average Bonchev–Trinajstić information content (AvgIpc) is 2.69. The Hall–Kier alpha value is -2.97. The molecule has 2 aromatic carbocycles. The lowest BCUT2D eigenvalue weighted by Crippen LogP contribution is -2.23. The molecule has 1 aromatic heterocycles. The smallest absolute Gasteiger partial charge is 0.262 e. The van der Waals surface area contributed by atoms with Crippen molar-refractivity contribution in [1.29, 1.82) is 0 Å². The predicted octanol–water partition coefficient (Wildman–Crippen LogP) is 4.31. The van der Waals surface area contributed by atoms with Crippen molar-refractivity contribution in [1.82, 2.24) is 9.55 Å². The quantitative estimate of drug-likeness (QED) is 0.254. The Balaban J connectivity index is 1.87. The zero-order valence-electron chi connectivity index (χ0n) is 15.9. The van der Waals surface area contributed by atoms with Crippen LogP contribution in [-0.4, -0.2) is 27.0 Å². The van der Waals surface area contributed by atoms with Crippen molar-refractivity contribution in [3.8, 4) is 0 Å². The molecule has 0 radical (unpaired) electrons. The van der Waals surface area contributed by atoms with Crippen LogP contribution in [0.4, 0.5) is 10.1 Å². The molecule has 1 N–H and O–H groups in total. The summed E-state index contributed by atoms with van der Waals surface area (Å²) >= 11 is 7.01. The van der Waals surface area contributed by atoms with E-state index in [1.165, 1.54) is 29.7 Å². The van der Waals surface area contributed by atoms with Crippen molar-refractivity contribution < 1.29 is 14.0 Å². The minimum absolute atomic E-state index is 0.109. The van der Waals surface area contributed by atoms with Crippen LogP contribution in [0.2, 0.25) is 5.02 Å². The number of nitrogens with zero attached hydrogens (tertiary/aromatic N) is 2. The highest BCUT2D eigenvalue weighted by Crippen LogP contribution is 2.23. The van der Waals surface area contributed by atoms with E-state index < -0.39 is 11.6 Å². The van der Waals surface area contributed by atoms with E-state index in [-0.39, 0.29) is 35.0 Å². The summed E-state index contributed by atoms with van der Waals surface area (Å²) in [5.74, 6) is -1.68. The van der Waals surface area contributed by atoms with E-state index in [2.05, 4.69) is 16.9 Å². The lowest BCUT2D eigenvalue weighted by atomic mass is 10.1. The molecular weight excluding hydrogens is 429 g/mol. The van der Waals surface area contributed by atoms with Crippen LogP contribution in [-0.2, 0) is 11.3 Å². The van der Waals surface area contributed by atoms with Gasteiger partial charge < -0.3 is 5.32 Å². The van der Waals surface area contributed by atoms with Crippen molar-refractivity contribution >= 4 is 51.6 Å². The maximum absolute atomic E-state index is 14.3. The molecule has 1 amide bonds. The predicted molar refractivity (Wildman–Crippen MR) is 117 cm³/mol. The molecule has 3 aromatic rings. The molecule has 154 valence electrons. The first-order valence-electron chi connectivity index (χ1n) is 8.84. The van der Waals surface area contributed by atoms with Gasteiger partial charge in [-0.1, -0.05) is 29.4 Å². The summed E-state index contributed by atoms with van der Waals surface area (Å²) in [6, 6.07) is 8.65. The van der Waals surface area contributed by atoms with Crippen molar-refractivity contribution in [2.24, 2.45) is 0 Å². The van der Waals surface area contributed by atoms with Crippen LogP contribution in [0.3, 0.4) is 0 Å². The normalized spacial score (nSPS) is 10.8. The van der Waals surface area contributed by atoms with Gasteiger partial charge in [-0.3, -0.25) is 19.0 Å². The number of rotatable bonds is 7. The Morgan fingerprint density at radius 3 is 2.73 bits per heavy atom. The summed E-state index contributed by atoms with van der Waals surface area (Å²) in [6.45, 7) is 5.16. The third-order valence-corrected chi connectivity index (χ3v) is 5.33. The minimum atomic E-state index is -0.739. The Labute approximate surface area is 180 Å². The molecule has 0 aliphatic rings. The zero-order valence-corrected chi connectivity index (χ0v) is 17.5. The molecule has 0 saturated carbocycles. The summed E-state index contributed by atoms with van der Waals surface area (Å²) in [6.07, 6.45) is 1.55. The van der Waals surface area contributed by atoms with Gasteiger partial charge in [-0.05, 0) is 36.4 Å². The minimum Gasteiger partial charge on any atom is -0.326 e. The van der Waals surface area contributed by atoms with Crippen molar-refractivity contribution in [3.63, 3.8) is 0 Å². The van der Waals surface area contributed by atoms with Gasteiger partial charge in [0.1, 0.15) is 5.82 Å². The number of amides is 1. The van der Waals surface area contributed by atoms with Gasteiger partial charge in [0.25, 0.3) is 5.56 Å². The van der Waals surface area contributed by atoms with Crippen molar-refractivity contribution in [2.75, 3.05) is 11.1 Å². The van der Waals surface area contributed by atoms with E-state index in [0.29, 0.717) is 21.1 Å². The van der Waals surface area contributed by atoms with E-state index in [4.69, 9.17) is 11.6 Å². The number of fused-ring (bicyclic) bond motifs is 1. The van der Waals surface area contributed by atoms with Crippen LogP contribution in [0.15, 0.2) is 59.0 Å². The van der Waals surface area contributed by atoms with Crippen molar-refractivity contribution in [3.05, 3.63) is 75.8 Å². The molecule has 0 saturated heterocycles. The molecule has 3 rings (SSSR count). The highest BCUT2D eigenvalue weighted by atomic mass is 35.5. The van der Waals surface area contributed by atoms with E-state index >= 15 is 0 Å². The maximum atomic E-state index is 14.3. The fourth-order valence-electron chi connectivity index (χ4n) is 2.80. The van der Waals surface area contributed by atoms with Crippen LogP contribution >= 0.6 is 23.4 Å². The number of carbonyl (C=O) groups excluding carboxylic acids is 2. The highest BCUT2D eigenvalue weighted by molar-refractivity contribution is 7.99. The third kappa shape index (κ3) is 4.77. The second-order valence-corrected chi connectivity index (χ2v) is 7.73. The van der Waals surface area contributed by atoms with Crippen LogP contribution < -0.4 is 10.9 Å². The monoisotopic (exact) mass is 445 g/mol. The molecule has 6 nitrogen and oxygen atoms in total. The summed E-state index contributed by atoms with van der Waals surface area (Å²) in [7, 11) is 0. The van der Waals surface area contributed by atoms with Crippen LogP contribution in [0.1, 0.15) is 17.3 Å². The number of hydrogen-bond donors (Lipinski definition) is 1. The number of allylic oxidation sites excluding steroid dienone is 1. The van der Waals surface area contributed by atoms with Gasteiger partial charge >= 0.3 is 0 Å². The van der Waals surface area contributed by atoms with Crippen LogP contribution in [0.5, 0.6) is 0 Å². The number of halogens is 2. The summed E-state index contributed by atoms with van der Waals surface area (Å²) in [5, 5.41) is 3.55. The molecular formula is C21H17ClFN3O3S. The first-order chi connectivity index (χ1) is 14.3. The number of thioether (sulfide) groups is 1. The molecule has 0 aliphatic carbocycles. The average molecular weight is 446 g/mol. The van der Waals surface area contributed by atoms with Gasteiger partial charge in [0.2, 0.25) is 5.91 Å². The summed E-state index contributed by atoms with van der Waals surface area (Å²) in [4.78, 5) is 40.9. The van der Waals surface area contributed by atoms with E-state index in [0.717, 1.165) is 17.8 Å². The van der Waals surface area contributed by atoms with E-state index in [1.807, 2.05) is 0 Å². The topological polar surface area (TPSA) is 81.1 Å². The Bertz CT molecular complexity index is 1230. The summed E-state index contributed by atoms with van der Waals surface area (Å²) < 4.78 is 15.7. The third-order valence-electron chi connectivity index (χ3n) is 4.12. The Morgan fingerprint density at radius 2 is 2.07 bits per heavy atom. The molecule has 0 bridgehead atoms. The van der Waals surface area contributed by atoms with E-state index in [1.54, 1.807) is 18.2 Å². The first-order valence-corrected chi connectivity index (χ1v) is 10.2. The van der Waals surface area contributed by atoms with Gasteiger partial charge in [-0.2, -0.15) is 0 Å². The molecule has 30 heavy (non-hydrogen) atoms. The number of nitrogens with one attached hydrogen (secondary N) is 1. The van der Waals surface area contributed by atoms with Gasteiger partial charge in [-0.25, -0.2) is 9.37 Å². The lowest BCUT2D eigenvalue weighted by Gasteiger charge is -2.11. The van der Waals surface area contributed by atoms with Gasteiger partial charge in [0, 0.05) is 24.2 Å². The van der Waals surface area contributed by atoms with Gasteiger partial charge in [-0.15, -0.1) is 6.58 Å². The Morgan fingerprint density at radius 1 is 1.30 bits per heavy atom. The van der Waals surface area contributed by atoms with Gasteiger partial charge in [0.05, 0.1) is 22.2 Å². The number of hydrogen-bond acceptors (Lipinski definition) is 5. The Kier molecular flexibility index (Phi) is 6.69. The van der Waals surface area contributed by atoms with Crippen molar-refractivity contribution in [2.45, 2.75) is 18.6 Å². The molecule has 0 spiro atoms. The fraction of sp³-hybridized carbons (Fsp3) is 0.143. The standard InChI is InChI=1S/C21H17ClFN3O3S/c1-3-8-26-20(29)16-9-13(22)4-7-18(16)25-21(26)30-11-19(28)15-6-5-14(10-17(15)23)24-12(2)27/h3-7,9-10H,1,8,11H2,2H3,(H,24,27). The number of aromatic nitrogens is 2. The molecule has 9 heteroatoms. The molecule has 0 unspecified atom stereocenters. The largest absolute Gasteiger partial charge is 0.326 e. The molecule has 0 aliphatic heterocycles. The van der Waals surface area contributed by atoms with Crippen LogP contribution in [0, 0.1) is 5.82 Å². The second kappa shape index (κ2) is 9.23. The number of benzene rings is 2. The highest BCUT2D eigenvalue weighted by Gasteiger charge is 2.16. The first kappa shape index (κ1) is 21.7. The number of anilines is 1. The number of Topliss-reactive ketones (excluding diaryl/α,β-unsaturated/α-hetero) is 1. The zero-order chi connectivity index (χ0) is 21.8. The lowest BCUT2D eigenvalue weighted by molar-refractivity contribution is -0.114. The SMILES string of the molecule is C=CCn1c(SCC(=O)c2ccc(NC(C)=O)cc2F)nc2ccc(Cl)cc2c1=O. The summed E-state index contributed by atoms with van der Waals surface area (Å²) in [5.41, 5.74) is 0.300. The molecule has 1 heterocycles. The van der Waals surface area contributed by atoms with E-state index in [9.17, 15) is 18.8 Å².